The first-order valence-electron chi connectivity index (χ1n) is 5.83. The maximum absolute atomic E-state index is 5.72. The zero-order chi connectivity index (χ0) is 12.1. The number of rotatable bonds is 4. The maximum Gasteiger partial charge on any atom is 0.142 e. The van der Waals surface area contributed by atoms with E-state index in [0.29, 0.717) is 0 Å². The number of halogens is 1. The Morgan fingerprint density at radius 1 is 1.65 bits per heavy atom. The molecular formula is C11H17IN4O. The van der Waals surface area contributed by atoms with E-state index in [2.05, 4.69) is 49.7 Å². The molecule has 17 heavy (non-hydrogen) atoms. The Bertz CT molecular complexity index is 363. The Kier molecular flexibility index (Phi) is 4.93. The van der Waals surface area contributed by atoms with Crippen molar-refractivity contribution in [2.75, 3.05) is 38.1 Å². The van der Waals surface area contributed by atoms with E-state index in [1.165, 1.54) is 0 Å². The highest BCUT2D eigenvalue weighted by Crippen LogP contribution is 2.13. The summed E-state index contributed by atoms with van der Waals surface area (Å²) in [7, 11) is 0. The van der Waals surface area contributed by atoms with Crippen LogP contribution in [0.2, 0.25) is 0 Å². The van der Waals surface area contributed by atoms with E-state index in [9.17, 15) is 0 Å². The van der Waals surface area contributed by atoms with Crippen LogP contribution in [-0.4, -0.2) is 53.8 Å². The number of anilines is 1. The van der Waals surface area contributed by atoms with E-state index >= 15 is 0 Å². The quantitative estimate of drug-likeness (QED) is 0.830. The van der Waals surface area contributed by atoms with Crippen LogP contribution in [0.1, 0.15) is 6.92 Å². The molecule has 0 amide bonds. The van der Waals surface area contributed by atoms with Crippen LogP contribution in [0.5, 0.6) is 0 Å². The van der Waals surface area contributed by atoms with E-state index < -0.39 is 0 Å². The minimum Gasteiger partial charge on any atom is -0.374 e. The third-order valence-electron chi connectivity index (χ3n) is 2.83. The molecule has 0 aromatic carbocycles. The number of likely N-dealkylation sites (N-methyl/N-ethyl adjacent to an activating group) is 1. The Hall–Kier alpha value is -0.470. The summed E-state index contributed by atoms with van der Waals surface area (Å²) in [4.78, 5) is 10.6. The van der Waals surface area contributed by atoms with Crippen molar-refractivity contribution in [2.45, 2.75) is 13.0 Å². The van der Waals surface area contributed by atoms with Gasteiger partial charge in [0.1, 0.15) is 12.1 Å². The summed E-state index contributed by atoms with van der Waals surface area (Å²) in [6, 6.07) is 0. The van der Waals surface area contributed by atoms with E-state index in [0.717, 1.165) is 42.2 Å². The molecule has 1 aliphatic heterocycles. The fourth-order valence-electron chi connectivity index (χ4n) is 1.84. The first-order chi connectivity index (χ1) is 8.29. The van der Waals surface area contributed by atoms with Crippen molar-refractivity contribution in [3.8, 4) is 0 Å². The van der Waals surface area contributed by atoms with Gasteiger partial charge >= 0.3 is 0 Å². The molecule has 1 aliphatic rings. The molecule has 0 radical (unpaired) electrons. The normalized spacial score (nSPS) is 21.4. The van der Waals surface area contributed by atoms with Gasteiger partial charge in [-0.3, -0.25) is 4.90 Å². The van der Waals surface area contributed by atoms with Gasteiger partial charge in [-0.2, -0.15) is 0 Å². The van der Waals surface area contributed by atoms with Crippen LogP contribution in [-0.2, 0) is 4.74 Å². The molecule has 0 bridgehead atoms. The zero-order valence-electron chi connectivity index (χ0n) is 9.90. The van der Waals surface area contributed by atoms with E-state index in [1.807, 2.05) is 0 Å². The number of morpholine rings is 1. The molecule has 1 aromatic rings. The Balaban J connectivity index is 1.84. The second-order valence-corrected chi connectivity index (χ2v) is 5.15. The second-order valence-electron chi connectivity index (χ2n) is 3.99. The van der Waals surface area contributed by atoms with Gasteiger partial charge in [0.25, 0.3) is 0 Å². The number of nitrogens with one attached hydrogen (secondary N) is 1. The fraction of sp³-hybridized carbons (Fsp3) is 0.636. The molecule has 1 saturated heterocycles. The molecule has 1 aromatic heterocycles. The van der Waals surface area contributed by atoms with Crippen molar-refractivity contribution in [3.05, 3.63) is 16.1 Å². The first-order valence-corrected chi connectivity index (χ1v) is 6.90. The number of hydrogen-bond donors (Lipinski definition) is 1. The SMILES string of the molecule is CCN1CCOC(CNc2ncncc2I)C1. The lowest BCUT2D eigenvalue weighted by atomic mass is 10.2. The van der Waals surface area contributed by atoms with E-state index in [-0.39, 0.29) is 6.10 Å². The van der Waals surface area contributed by atoms with Crippen LogP contribution in [0, 0.1) is 3.57 Å². The molecule has 2 rings (SSSR count). The summed E-state index contributed by atoms with van der Waals surface area (Å²) in [6.45, 7) is 6.92. The van der Waals surface area contributed by atoms with Crippen LogP contribution in [0.3, 0.4) is 0 Å². The van der Waals surface area contributed by atoms with Gasteiger partial charge in [0.15, 0.2) is 0 Å². The molecule has 1 fully saturated rings. The van der Waals surface area contributed by atoms with E-state index in [4.69, 9.17) is 4.74 Å². The predicted octanol–water partition coefficient (Wildman–Crippen LogP) is 1.21. The van der Waals surface area contributed by atoms with Crippen LogP contribution >= 0.6 is 22.6 Å². The summed E-state index contributed by atoms with van der Waals surface area (Å²) >= 11 is 2.23. The van der Waals surface area contributed by atoms with Crippen molar-refractivity contribution >= 4 is 28.4 Å². The molecule has 6 heteroatoms. The zero-order valence-corrected chi connectivity index (χ0v) is 12.1. The van der Waals surface area contributed by atoms with Crippen LogP contribution in [0.15, 0.2) is 12.5 Å². The lowest BCUT2D eigenvalue weighted by Gasteiger charge is -2.32. The average molecular weight is 348 g/mol. The third kappa shape index (κ3) is 3.75. The van der Waals surface area contributed by atoms with Gasteiger partial charge in [-0.1, -0.05) is 6.92 Å². The molecule has 0 aliphatic carbocycles. The molecule has 2 heterocycles. The third-order valence-corrected chi connectivity index (χ3v) is 3.62. The summed E-state index contributed by atoms with van der Waals surface area (Å²) in [5.41, 5.74) is 0. The van der Waals surface area contributed by atoms with Crippen molar-refractivity contribution in [1.29, 1.82) is 0 Å². The molecule has 0 saturated carbocycles. The lowest BCUT2D eigenvalue weighted by molar-refractivity contribution is -0.0192. The smallest absolute Gasteiger partial charge is 0.142 e. The molecule has 1 unspecified atom stereocenters. The minimum atomic E-state index is 0.245. The van der Waals surface area contributed by atoms with Crippen LogP contribution in [0.25, 0.3) is 0 Å². The highest BCUT2D eigenvalue weighted by molar-refractivity contribution is 14.1. The lowest BCUT2D eigenvalue weighted by Crippen LogP contribution is -2.45. The minimum absolute atomic E-state index is 0.245. The van der Waals surface area contributed by atoms with Crippen molar-refractivity contribution in [3.63, 3.8) is 0 Å². The van der Waals surface area contributed by atoms with Gasteiger partial charge in [-0.05, 0) is 29.1 Å². The Labute approximate surface area is 115 Å². The molecule has 1 atom stereocenters. The molecule has 1 N–H and O–H groups in total. The van der Waals surface area contributed by atoms with Gasteiger partial charge in [0.05, 0.1) is 16.3 Å². The van der Waals surface area contributed by atoms with Crippen LogP contribution < -0.4 is 5.32 Å². The number of nitrogens with zero attached hydrogens (tertiary/aromatic N) is 3. The average Bonchev–Trinajstić information content (AvgIpc) is 2.38. The maximum atomic E-state index is 5.72. The van der Waals surface area contributed by atoms with Crippen molar-refractivity contribution < 1.29 is 4.74 Å². The number of aromatic nitrogens is 2. The van der Waals surface area contributed by atoms with Gasteiger partial charge in [0.2, 0.25) is 0 Å². The molecule has 5 nitrogen and oxygen atoms in total. The topological polar surface area (TPSA) is 50.3 Å². The number of ether oxygens (including phenoxy) is 1. The summed E-state index contributed by atoms with van der Waals surface area (Å²) in [5, 5.41) is 3.32. The molecule has 94 valence electrons. The first kappa shape index (κ1) is 13.0. The predicted molar refractivity (Wildman–Crippen MR) is 75.1 cm³/mol. The largest absolute Gasteiger partial charge is 0.374 e. The van der Waals surface area contributed by atoms with Crippen LogP contribution in [0.4, 0.5) is 5.82 Å². The highest BCUT2D eigenvalue weighted by Gasteiger charge is 2.19. The Morgan fingerprint density at radius 2 is 2.53 bits per heavy atom. The summed E-state index contributed by atoms with van der Waals surface area (Å²) in [6.07, 6.45) is 3.61. The highest BCUT2D eigenvalue weighted by atomic mass is 127. The Morgan fingerprint density at radius 3 is 3.29 bits per heavy atom. The second kappa shape index (κ2) is 6.46. The summed E-state index contributed by atoms with van der Waals surface area (Å²) in [5.74, 6) is 0.887. The fourth-order valence-corrected chi connectivity index (χ4v) is 2.34. The monoisotopic (exact) mass is 348 g/mol. The van der Waals surface area contributed by atoms with E-state index in [1.54, 1.807) is 12.5 Å². The standard InChI is InChI=1S/C11H17IN4O/c1-2-16-3-4-17-9(7-16)5-14-11-10(12)6-13-8-15-11/h6,8-9H,2-5,7H2,1H3,(H,13,14,15). The number of hydrogen-bond acceptors (Lipinski definition) is 5. The van der Waals surface area contributed by atoms with Crippen molar-refractivity contribution in [2.24, 2.45) is 0 Å². The molecular weight excluding hydrogens is 331 g/mol. The van der Waals surface area contributed by atoms with Gasteiger partial charge in [-0.15, -0.1) is 0 Å². The van der Waals surface area contributed by atoms with Crippen molar-refractivity contribution in [1.82, 2.24) is 14.9 Å². The molecule has 0 spiro atoms. The summed E-state index contributed by atoms with van der Waals surface area (Å²) < 4.78 is 6.76. The van der Waals surface area contributed by atoms with Gasteiger partial charge in [-0.25, -0.2) is 9.97 Å². The van der Waals surface area contributed by atoms with Gasteiger partial charge in [0, 0.05) is 25.8 Å². The van der Waals surface area contributed by atoms with Gasteiger partial charge < -0.3 is 10.1 Å².